The Morgan fingerprint density at radius 3 is 1.39 bits per heavy atom. The van der Waals surface area contributed by atoms with Crippen LogP contribution in [-0.4, -0.2) is 70.0 Å². The molecular formula is C54H94NO8P. The highest BCUT2D eigenvalue weighted by molar-refractivity contribution is 7.45. The van der Waals surface area contributed by atoms with Crippen LogP contribution >= 0.6 is 7.82 Å². The zero-order valence-corrected chi connectivity index (χ0v) is 42.3. The molecule has 0 heterocycles. The lowest BCUT2D eigenvalue weighted by Crippen LogP contribution is -2.37. The minimum absolute atomic E-state index is 0.0458. The van der Waals surface area contributed by atoms with Gasteiger partial charge in [-0.2, -0.15) is 0 Å². The molecule has 0 saturated carbocycles. The Labute approximate surface area is 392 Å². The van der Waals surface area contributed by atoms with E-state index in [-0.39, 0.29) is 26.1 Å². The van der Waals surface area contributed by atoms with E-state index < -0.39 is 32.5 Å². The summed E-state index contributed by atoms with van der Waals surface area (Å²) < 4.78 is 33.9. The predicted octanol–water partition coefficient (Wildman–Crippen LogP) is 14.5. The summed E-state index contributed by atoms with van der Waals surface area (Å²) in [5.74, 6) is -0.936. The van der Waals surface area contributed by atoms with E-state index >= 15 is 0 Å². The minimum atomic E-state index is -4.65. The standard InChI is InChI=1S/C54H94NO8P/c1-6-8-10-12-14-16-18-20-22-24-26-27-29-31-33-35-37-39-41-43-45-47-54(57)63-52(51-62-64(58,59)61-49-48-55(3,4)5)50-60-53(56)46-44-42-40-38-36-34-32-30-28-25-23-21-19-17-15-13-11-9-7-2/h9,11,15,17,20-23,28,30,34,36,40,42,52H,6-8,10,12-14,16,18-19,24-27,29,31-33,35,37-39,41,43-51H2,1-5H3/b11-9+,17-15+,22-20+,23-21+,30-28+,36-34+,42-40+/t52-/m1/s1. The maximum Gasteiger partial charge on any atom is 0.306 e. The molecular weight excluding hydrogens is 822 g/mol. The van der Waals surface area contributed by atoms with Gasteiger partial charge < -0.3 is 27.9 Å². The van der Waals surface area contributed by atoms with Crippen molar-refractivity contribution in [3.63, 3.8) is 0 Å². The molecule has 0 aromatic rings. The third kappa shape index (κ3) is 48.6. The zero-order valence-electron chi connectivity index (χ0n) is 41.4. The maximum absolute atomic E-state index is 12.7. The molecule has 0 rings (SSSR count). The van der Waals surface area contributed by atoms with Gasteiger partial charge in [-0.3, -0.25) is 14.2 Å². The molecule has 0 aromatic carbocycles. The number of carbonyl (C=O) groups is 2. The van der Waals surface area contributed by atoms with Gasteiger partial charge in [0.05, 0.1) is 27.7 Å². The van der Waals surface area contributed by atoms with Crippen LogP contribution in [0.15, 0.2) is 85.1 Å². The summed E-state index contributed by atoms with van der Waals surface area (Å²) in [4.78, 5) is 37.7. The number of hydrogen-bond donors (Lipinski definition) is 0. The lowest BCUT2D eigenvalue weighted by molar-refractivity contribution is -0.870. The fourth-order valence-corrected chi connectivity index (χ4v) is 7.23. The summed E-state index contributed by atoms with van der Waals surface area (Å²) in [7, 11) is 1.12. The fraction of sp³-hybridized carbons (Fsp3) is 0.704. The van der Waals surface area contributed by atoms with Crippen molar-refractivity contribution in [2.24, 2.45) is 0 Å². The Hall–Kier alpha value is -2.81. The van der Waals surface area contributed by atoms with Crippen molar-refractivity contribution in [3.05, 3.63) is 85.1 Å². The van der Waals surface area contributed by atoms with Gasteiger partial charge in [0, 0.05) is 12.8 Å². The summed E-state index contributed by atoms with van der Waals surface area (Å²) in [6.45, 7) is 4.03. The average Bonchev–Trinajstić information content (AvgIpc) is 3.25. The molecule has 2 atom stereocenters. The van der Waals surface area contributed by atoms with Crippen molar-refractivity contribution in [2.45, 2.75) is 200 Å². The van der Waals surface area contributed by atoms with E-state index in [4.69, 9.17) is 18.5 Å². The number of phosphoric acid groups is 1. The van der Waals surface area contributed by atoms with Crippen molar-refractivity contribution in [1.29, 1.82) is 0 Å². The Morgan fingerprint density at radius 1 is 0.500 bits per heavy atom. The molecule has 0 fully saturated rings. The molecule has 0 amide bonds. The Bertz CT molecular complexity index is 1360. The minimum Gasteiger partial charge on any atom is -0.756 e. The number of esters is 2. The number of unbranched alkanes of at least 4 members (excludes halogenated alkanes) is 17. The molecule has 64 heavy (non-hydrogen) atoms. The summed E-state index contributed by atoms with van der Waals surface area (Å²) in [6, 6.07) is 0. The first kappa shape index (κ1) is 61.2. The first-order chi connectivity index (χ1) is 31.0. The number of allylic oxidation sites excluding steroid dienone is 14. The van der Waals surface area contributed by atoms with Gasteiger partial charge in [0.1, 0.15) is 19.8 Å². The summed E-state index contributed by atoms with van der Waals surface area (Å²) in [5.41, 5.74) is 0. The molecule has 0 bridgehead atoms. The first-order valence-corrected chi connectivity index (χ1v) is 26.8. The lowest BCUT2D eigenvalue weighted by atomic mass is 10.0. The quantitative estimate of drug-likeness (QED) is 0.0195. The number of phosphoric ester groups is 1. The van der Waals surface area contributed by atoms with Gasteiger partial charge in [-0.05, 0) is 77.0 Å². The second-order valence-electron chi connectivity index (χ2n) is 17.8. The molecule has 368 valence electrons. The topological polar surface area (TPSA) is 111 Å². The molecule has 0 N–H and O–H groups in total. The monoisotopic (exact) mass is 916 g/mol. The molecule has 0 aromatic heterocycles. The molecule has 0 saturated heterocycles. The van der Waals surface area contributed by atoms with Crippen LogP contribution in [0.1, 0.15) is 194 Å². The van der Waals surface area contributed by atoms with Gasteiger partial charge >= 0.3 is 11.9 Å². The average molecular weight is 916 g/mol. The van der Waals surface area contributed by atoms with E-state index in [0.717, 1.165) is 57.8 Å². The Morgan fingerprint density at radius 2 is 0.922 bits per heavy atom. The van der Waals surface area contributed by atoms with E-state index in [9.17, 15) is 19.0 Å². The van der Waals surface area contributed by atoms with Crippen LogP contribution in [0.5, 0.6) is 0 Å². The van der Waals surface area contributed by atoms with Crippen molar-refractivity contribution < 1.29 is 42.1 Å². The summed E-state index contributed by atoms with van der Waals surface area (Å²) in [6.07, 6.45) is 59.2. The van der Waals surface area contributed by atoms with Gasteiger partial charge in [0.2, 0.25) is 0 Å². The van der Waals surface area contributed by atoms with Crippen LogP contribution in [0.3, 0.4) is 0 Å². The van der Waals surface area contributed by atoms with Crippen LogP contribution in [0, 0.1) is 0 Å². The van der Waals surface area contributed by atoms with Gasteiger partial charge in [-0.25, -0.2) is 0 Å². The van der Waals surface area contributed by atoms with E-state index in [2.05, 4.69) is 86.8 Å². The largest absolute Gasteiger partial charge is 0.756 e. The lowest BCUT2D eigenvalue weighted by Gasteiger charge is -2.28. The predicted molar refractivity (Wildman–Crippen MR) is 268 cm³/mol. The van der Waals surface area contributed by atoms with Gasteiger partial charge in [0.15, 0.2) is 6.10 Å². The highest BCUT2D eigenvalue weighted by atomic mass is 31.2. The SMILES string of the molecule is CC/C=C/C/C=C/C/C=C/C/C=C/C/C=C/C/C=C/CCC(=O)OC[C@H](COP(=O)([O-])OCC[N+](C)(C)C)OC(=O)CCCCCCCCCCCCC/C=C/CCCCCCCC. The van der Waals surface area contributed by atoms with Crippen molar-refractivity contribution >= 4 is 19.8 Å². The smallest absolute Gasteiger partial charge is 0.306 e. The van der Waals surface area contributed by atoms with Crippen LogP contribution < -0.4 is 4.89 Å². The third-order valence-corrected chi connectivity index (χ3v) is 11.4. The number of hydrogen-bond acceptors (Lipinski definition) is 8. The normalized spacial score (nSPS) is 14.2. The number of rotatable bonds is 45. The van der Waals surface area contributed by atoms with Crippen molar-refractivity contribution in [2.75, 3.05) is 47.5 Å². The maximum atomic E-state index is 12.7. The number of likely N-dealkylation sites (N-methyl/N-ethyl adjacent to an activating group) is 1. The van der Waals surface area contributed by atoms with E-state index in [0.29, 0.717) is 23.9 Å². The Kier molecular flexibility index (Phi) is 43.4. The van der Waals surface area contributed by atoms with Crippen molar-refractivity contribution in [3.8, 4) is 0 Å². The molecule has 0 aliphatic rings. The highest BCUT2D eigenvalue weighted by Crippen LogP contribution is 2.38. The second kappa shape index (κ2) is 45.4. The Balaban J connectivity index is 4.37. The number of quaternary nitrogens is 1. The van der Waals surface area contributed by atoms with Gasteiger partial charge in [-0.15, -0.1) is 0 Å². The highest BCUT2D eigenvalue weighted by Gasteiger charge is 2.21. The van der Waals surface area contributed by atoms with Crippen LogP contribution in [0.4, 0.5) is 0 Å². The fourth-order valence-electron chi connectivity index (χ4n) is 6.50. The number of ether oxygens (including phenoxy) is 2. The van der Waals surface area contributed by atoms with Gasteiger partial charge in [-0.1, -0.05) is 189 Å². The first-order valence-electron chi connectivity index (χ1n) is 25.3. The van der Waals surface area contributed by atoms with E-state index in [1.54, 1.807) is 0 Å². The third-order valence-electron chi connectivity index (χ3n) is 10.4. The molecule has 0 aliphatic heterocycles. The van der Waals surface area contributed by atoms with Crippen molar-refractivity contribution in [1.82, 2.24) is 0 Å². The van der Waals surface area contributed by atoms with Gasteiger partial charge in [0.25, 0.3) is 7.82 Å². The molecule has 10 heteroatoms. The second-order valence-corrected chi connectivity index (χ2v) is 19.2. The number of nitrogens with zero attached hydrogens (tertiary/aromatic N) is 1. The number of carbonyl (C=O) groups excluding carboxylic acids is 2. The molecule has 1 unspecified atom stereocenters. The van der Waals surface area contributed by atoms with Crippen LogP contribution in [0.25, 0.3) is 0 Å². The van der Waals surface area contributed by atoms with Crippen LogP contribution in [0.2, 0.25) is 0 Å². The molecule has 0 aliphatic carbocycles. The molecule has 0 spiro atoms. The van der Waals surface area contributed by atoms with E-state index in [1.807, 2.05) is 33.3 Å². The zero-order chi connectivity index (χ0) is 47.1. The van der Waals surface area contributed by atoms with E-state index in [1.165, 1.54) is 96.3 Å². The molecule has 0 radical (unpaired) electrons. The van der Waals surface area contributed by atoms with Crippen LogP contribution in [-0.2, 0) is 32.7 Å². The summed E-state index contributed by atoms with van der Waals surface area (Å²) in [5, 5.41) is 0. The summed E-state index contributed by atoms with van der Waals surface area (Å²) >= 11 is 0. The molecule has 9 nitrogen and oxygen atoms in total.